The van der Waals surface area contributed by atoms with Crippen LogP contribution in [-0.2, 0) is 18.3 Å². The minimum absolute atomic E-state index is 0.0990. The number of hydrogen-bond acceptors (Lipinski definition) is 7. The Morgan fingerprint density at radius 3 is 2.66 bits per heavy atom. The van der Waals surface area contributed by atoms with Crippen LogP contribution in [0.1, 0.15) is 29.4 Å². The van der Waals surface area contributed by atoms with E-state index in [0.717, 1.165) is 22.6 Å². The van der Waals surface area contributed by atoms with Gasteiger partial charge < -0.3 is 23.8 Å². The lowest BCUT2D eigenvalue weighted by atomic mass is 10.0. The smallest absolute Gasteiger partial charge is 0.340 e. The number of aryl methyl sites for hydroxylation is 2. The molecular weight excluding hydrogens is 466 g/mol. The molecule has 1 atom stereocenters. The van der Waals surface area contributed by atoms with Crippen LogP contribution in [0.2, 0.25) is 0 Å². The summed E-state index contributed by atoms with van der Waals surface area (Å²) in [5.41, 5.74) is 2.60. The summed E-state index contributed by atoms with van der Waals surface area (Å²) in [4.78, 5) is 30.8. The van der Waals surface area contributed by atoms with Crippen LogP contribution in [0.15, 0.2) is 45.6 Å². The predicted molar refractivity (Wildman–Crippen MR) is 139 cm³/mol. The number of nitrogens with zero attached hydrogens (tertiary/aromatic N) is 2. The van der Waals surface area contributed by atoms with Crippen molar-refractivity contribution in [3.63, 3.8) is 0 Å². The van der Waals surface area contributed by atoms with Crippen molar-refractivity contribution in [2.45, 2.75) is 25.8 Å². The topological polar surface area (TPSA) is 95.6 Å². The molecule has 2 heterocycles. The van der Waals surface area contributed by atoms with Gasteiger partial charge in [0.15, 0.2) is 11.3 Å². The molecule has 1 unspecified atom stereocenters. The molecule has 9 heteroatoms. The number of para-hydroxylation sites is 2. The summed E-state index contributed by atoms with van der Waals surface area (Å²) >= 11 is 1.71. The zero-order valence-electron chi connectivity index (χ0n) is 20.5. The predicted octanol–water partition coefficient (Wildman–Crippen LogP) is 4.16. The third kappa shape index (κ3) is 4.73. The molecule has 0 aliphatic carbocycles. The standard InChI is InChI=1S/C26H29N3O5S/c1-15-16-10-11-21(32-3)24(33-4)23(16)34-26(31)17(15)14-22(30)27-19(12-13-35-5)25-28-18-8-6-7-9-20(18)29(25)2/h6-11,19H,12-14H2,1-5H3,(H,27,30). The van der Waals surface area contributed by atoms with E-state index in [1.54, 1.807) is 23.9 Å². The molecule has 184 valence electrons. The maximum absolute atomic E-state index is 13.2. The molecule has 35 heavy (non-hydrogen) atoms. The molecule has 0 bridgehead atoms. The van der Waals surface area contributed by atoms with Gasteiger partial charge in [-0.1, -0.05) is 12.1 Å². The average molecular weight is 496 g/mol. The molecule has 1 amide bonds. The molecule has 4 aromatic rings. The maximum Gasteiger partial charge on any atom is 0.340 e. The van der Waals surface area contributed by atoms with Crippen molar-refractivity contribution in [2.75, 3.05) is 26.2 Å². The molecule has 0 fully saturated rings. The van der Waals surface area contributed by atoms with E-state index in [9.17, 15) is 9.59 Å². The molecule has 0 spiro atoms. The second-order valence-corrected chi connectivity index (χ2v) is 9.25. The molecule has 0 aliphatic heterocycles. The fourth-order valence-corrected chi connectivity index (χ4v) is 4.82. The van der Waals surface area contributed by atoms with Crippen molar-refractivity contribution in [3.8, 4) is 11.5 Å². The van der Waals surface area contributed by atoms with Crippen molar-refractivity contribution in [2.24, 2.45) is 7.05 Å². The lowest BCUT2D eigenvalue weighted by molar-refractivity contribution is -0.121. The number of hydrogen-bond donors (Lipinski definition) is 1. The normalized spacial score (nSPS) is 12.1. The van der Waals surface area contributed by atoms with Crippen LogP contribution in [0.4, 0.5) is 0 Å². The summed E-state index contributed by atoms with van der Waals surface area (Å²) < 4.78 is 18.3. The second kappa shape index (κ2) is 10.4. The van der Waals surface area contributed by atoms with E-state index in [4.69, 9.17) is 18.9 Å². The minimum Gasteiger partial charge on any atom is -0.493 e. The highest BCUT2D eigenvalue weighted by Crippen LogP contribution is 2.36. The fourth-order valence-electron chi connectivity index (χ4n) is 4.35. The Hall–Kier alpha value is -3.46. The highest BCUT2D eigenvalue weighted by atomic mass is 32.2. The van der Waals surface area contributed by atoms with Crippen LogP contribution in [-0.4, -0.2) is 41.7 Å². The molecule has 4 rings (SSSR count). The largest absolute Gasteiger partial charge is 0.493 e. The van der Waals surface area contributed by atoms with Crippen LogP contribution in [0, 0.1) is 6.92 Å². The van der Waals surface area contributed by atoms with Crippen molar-refractivity contribution in [3.05, 3.63) is 63.8 Å². The molecule has 2 aromatic carbocycles. The van der Waals surface area contributed by atoms with E-state index in [1.807, 2.05) is 49.1 Å². The summed E-state index contributed by atoms with van der Waals surface area (Å²) in [5.74, 6) is 2.19. The van der Waals surface area contributed by atoms with Crippen molar-refractivity contribution in [1.82, 2.24) is 14.9 Å². The first kappa shape index (κ1) is 24.7. The number of benzene rings is 2. The maximum atomic E-state index is 13.2. The van der Waals surface area contributed by atoms with E-state index in [2.05, 4.69) is 5.32 Å². The summed E-state index contributed by atoms with van der Waals surface area (Å²) in [7, 11) is 4.96. The van der Waals surface area contributed by atoms with E-state index in [1.165, 1.54) is 14.2 Å². The molecule has 0 saturated carbocycles. The Balaban J connectivity index is 1.65. The van der Waals surface area contributed by atoms with Gasteiger partial charge in [0.25, 0.3) is 0 Å². The summed E-state index contributed by atoms with van der Waals surface area (Å²) in [6, 6.07) is 11.1. The van der Waals surface area contributed by atoms with E-state index in [0.29, 0.717) is 40.0 Å². The van der Waals surface area contributed by atoms with Crippen LogP contribution in [0.25, 0.3) is 22.0 Å². The van der Waals surface area contributed by atoms with Gasteiger partial charge in [-0.25, -0.2) is 9.78 Å². The number of rotatable bonds is 9. The van der Waals surface area contributed by atoms with Gasteiger partial charge in [-0.15, -0.1) is 0 Å². The first-order chi connectivity index (χ1) is 16.9. The Morgan fingerprint density at radius 1 is 1.20 bits per heavy atom. The van der Waals surface area contributed by atoms with Gasteiger partial charge in [0.2, 0.25) is 11.7 Å². The molecule has 8 nitrogen and oxygen atoms in total. The second-order valence-electron chi connectivity index (χ2n) is 8.27. The number of fused-ring (bicyclic) bond motifs is 2. The van der Waals surface area contributed by atoms with E-state index < -0.39 is 5.63 Å². The van der Waals surface area contributed by atoms with Gasteiger partial charge in [-0.3, -0.25) is 4.79 Å². The average Bonchev–Trinajstić information content (AvgIpc) is 3.20. The third-order valence-corrected chi connectivity index (χ3v) is 6.86. The SMILES string of the molecule is COc1ccc2c(C)c(CC(=O)NC(CCSC)c3nc4ccccc4n3C)c(=O)oc2c1OC. The number of imidazole rings is 1. The molecular formula is C26H29N3O5S. The van der Waals surface area contributed by atoms with Crippen molar-refractivity contribution >= 4 is 39.7 Å². The Morgan fingerprint density at radius 2 is 1.97 bits per heavy atom. The number of aromatic nitrogens is 2. The highest BCUT2D eigenvalue weighted by molar-refractivity contribution is 7.98. The Kier molecular flexibility index (Phi) is 7.35. The fraction of sp³-hybridized carbons (Fsp3) is 0.346. The van der Waals surface area contributed by atoms with E-state index in [-0.39, 0.29) is 18.4 Å². The Bertz CT molecular complexity index is 1440. The lowest BCUT2D eigenvalue weighted by Crippen LogP contribution is -2.33. The number of ether oxygens (including phenoxy) is 2. The lowest BCUT2D eigenvalue weighted by Gasteiger charge is -2.19. The molecule has 0 radical (unpaired) electrons. The molecule has 0 saturated heterocycles. The first-order valence-corrected chi connectivity index (χ1v) is 12.7. The minimum atomic E-state index is -0.569. The van der Waals surface area contributed by atoms with Crippen molar-refractivity contribution in [1.29, 1.82) is 0 Å². The van der Waals surface area contributed by atoms with Gasteiger partial charge in [-0.2, -0.15) is 11.8 Å². The van der Waals surface area contributed by atoms with Gasteiger partial charge in [-0.05, 0) is 55.2 Å². The number of amides is 1. The number of thioether (sulfide) groups is 1. The summed E-state index contributed by atoms with van der Waals surface area (Å²) in [5, 5.41) is 3.79. The Labute approximate surface area is 207 Å². The van der Waals surface area contributed by atoms with Crippen LogP contribution in [0.5, 0.6) is 11.5 Å². The zero-order valence-corrected chi connectivity index (χ0v) is 21.3. The van der Waals surface area contributed by atoms with Crippen LogP contribution in [0.3, 0.4) is 0 Å². The number of carbonyl (C=O) groups excluding carboxylic acids is 1. The van der Waals surface area contributed by atoms with Gasteiger partial charge in [0, 0.05) is 12.4 Å². The zero-order chi connectivity index (χ0) is 25.1. The van der Waals surface area contributed by atoms with Gasteiger partial charge in [0.1, 0.15) is 5.82 Å². The monoisotopic (exact) mass is 495 g/mol. The van der Waals surface area contributed by atoms with Gasteiger partial charge >= 0.3 is 5.63 Å². The molecule has 2 aromatic heterocycles. The number of methoxy groups -OCH3 is 2. The summed E-state index contributed by atoms with van der Waals surface area (Å²) in [6.07, 6.45) is 2.64. The first-order valence-electron chi connectivity index (χ1n) is 11.3. The highest BCUT2D eigenvalue weighted by Gasteiger charge is 2.23. The summed E-state index contributed by atoms with van der Waals surface area (Å²) in [6.45, 7) is 1.81. The number of nitrogens with one attached hydrogen (secondary N) is 1. The van der Waals surface area contributed by atoms with Crippen LogP contribution < -0.4 is 20.4 Å². The molecule has 1 N–H and O–H groups in total. The van der Waals surface area contributed by atoms with Crippen LogP contribution >= 0.6 is 11.8 Å². The van der Waals surface area contributed by atoms with Gasteiger partial charge in [0.05, 0.1) is 43.3 Å². The number of carbonyl (C=O) groups is 1. The van der Waals surface area contributed by atoms with Crippen molar-refractivity contribution < 1.29 is 18.7 Å². The molecule has 0 aliphatic rings. The van der Waals surface area contributed by atoms with E-state index >= 15 is 0 Å². The quantitative estimate of drug-likeness (QED) is 0.348. The third-order valence-electron chi connectivity index (χ3n) is 6.21.